The van der Waals surface area contributed by atoms with Crippen molar-refractivity contribution < 1.29 is 5.11 Å². The fourth-order valence-corrected chi connectivity index (χ4v) is 1.67. The summed E-state index contributed by atoms with van der Waals surface area (Å²) in [5.41, 5.74) is 0. The summed E-state index contributed by atoms with van der Waals surface area (Å²) in [6, 6.07) is 8.60. The summed E-state index contributed by atoms with van der Waals surface area (Å²) in [6.07, 6.45) is 0. The lowest BCUT2D eigenvalue weighted by Gasteiger charge is -2.03. The molecule has 0 bridgehead atoms. The first-order chi connectivity index (χ1) is 6.20. The zero-order chi connectivity index (χ0) is 9.42. The van der Waals surface area contributed by atoms with E-state index >= 15 is 0 Å². The minimum Gasteiger partial charge on any atom is -0.507 e. The maximum atomic E-state index is 9.48. The van der Waals surface area contributed by atoms with Crippen LogP contribution in [0.25, 0.3) is 10.8 Å². The quantitative estimate of drug-likeness (QED) is 0.704. The highest BCUT2D eigenvalue weighted by Crippen LogP contribution is 2.34. The van der Waals surface area contributed by atoms with E-state index < -0.39 is 0 Å². The molecule has 3 heteroatoms. The van der Waals surface area contributed by atoms with Gasteiger partial charge in [0.2, 0.25) is 0 Å². The van der Waals surface area contributed by atoms with Crippen LogP contribution in [0.3, 0.4) is 0 Å². The standard InChI is InChI=1S/C10H6Cl2O/c11-8-5-4-6-7(10(8)12)2-1-3-9(6)13/h1-5,13H. The monoisotopic (exact) mass is 212 g/mol. The van der Waals surface area contributed by atoms with Crippen molar-refractivity contribution in [2.75, 3.05) is 0 Å². The molecule has 0 atom stereocenters. The van der Waals surface area contributed by atoms with Gasteiger partial charge in [0.15, 0.2) is 0 Å². The summed E-state index contributed by atoms with van der Waals surface area (Å²) in [7, 11) is 0. The molecule has 0 aromatic heterocycles. The van der Waals surface area contributed by atoms with Crippen molar-refractivity contribution in [2.24, 2.45) is 0 Å². The number of hydrogen-bond donors (Lipinski definition) is 1. The van der Waals surface area contributed by atoms with Gasteiger partial charge in [0, 0.05) is 10.8 Å². The van der Waals surface area contributed by atoms with Crippen molar-refractivity contribution in [3.63, 3.8) is 0 Å². The van der Waals surface area contributed by atoms with Crippen LogP contribution in [0, 0.1) is 0 Å². The molecule has 0 heterocycles. The smallest absolute Gasteiger partial charge is 0.123 e. The number of benzene rings is 2. The number of rotatable bonds is 0. The molecule has 2 aromatic carbocycles. The molecule has 0 unspecified atom stereocenters. The molecule has 1 nitrogen and oxygen atoms in total. The van der Waals surface area contributed by atoms with Gasteiger partial charge in [-0.1, -0.05) is 35.3 Å². The predicted molar refractivity (Wildman–Crippen MR) is 55.6 cm³/mol. The molecular weight excluding hydrogens is 207 g/mol. The molecule has 2 aromatic rings. The van der Waals surface area contributed by atoms with Crippen LogP contribution in [-0.2, 0) is 0 Å². The normalized spacial score (nSPS) is 10.6. The molecule has 0 aliphatic heterocycles. The van der Waals surface area contributed by atoms with Gasteiger partial charge in [-0.15, -0.1) is 0 Å². The zero-order valence-electron chi connectivity index (χ0n) is 6.59. The molecule has 66 valence electrons. The van der Waals surface area contributed by atoms with Crippen molar-refractivity contribution in [3.05, 3.63) is 40.4 Å². The Balaban J connectivity index is 2.94. The Labute approximate surface area is 85.5 Å². The highest BCUT2D eigenvalue weighted by atomic mass is 35.5. The maximum Gasteiger partial charge on any atom is 0.123 e. The lowest BCUT2D eigenvalue weighted by molar-refractivity contribution is 0.481. The van der Waals surface area contributed by atoms with Crippen LogP contribution in [0.1, 0.15) is 0 Å². The average molecular weight is 213 g/mol. The zero-order valence-corrected chi connectivity index (χ0v) is 8.10. The minimum absolute atomic E-state index is 0.219. The second kappa shape index (κ2) is 3.09. The van der Waals surface area contributed by atoms with E-state index in [9.17, 15) is 5.11 Å². The number of hydrogen-bond acceptors (Lipinski definition) is 1. The van der Waals surface area contributed by atoms with Crippen LogP contribution in [0.2, 0.25) is 10.0 Å². The van der Waals surface area contributed by atoms with Gasteiger partial charge in [0.25, 0.3) is 0 Å². The minimum atomic E-state index is 0.219. The number of halogens is 2. The van der Waals surface area contributed by atoms with Gasteiger partial charge in [-0.2, -0.15) is 0 Å². The van der Waals surface area contributed by atoms with E-state index in [1.54, 1.807) is 24.3 Å². The Morgan fingerprint density at radius 2 is 1.69 bits per heavy atom. The van der Waals surface area contributed by atoms with Crippen LogP contribution in [0.5, 0.6) is 5.75 Å². The number of phenolic OH excluding ortho intramolecular Hbond substituents is 1. The number of phenols is 1. The SMILES string of the molecule is Oc1cccc2c(Cl)c(Cl)ccc12. The Bertz CT molecular complexity index is 466. The van der Waals surface area contributed by atoms with Gasteiger partial charge < -0.3 is 5.11 Å². The molecule has 0 fully saturated rings. The van der Waals surface area contributed by atoms with Crippen LogP contribution < -0.4 is 0 Å². The molecule has 0 spiro atoms. The fraction of sp³-hybridized carbons (Fsp3) is 0. The van der Waals surface area contributed by atoms with Crippen LogP contribution in [0.4, 0.5) is 0 Å². The molecule has 0 radical (unpaired) electrons. The summed E-state index contributed by atoms with van der Waals surface area (Å²) >= 11 is 11.8. The topological polar surface area (TPSA) is 20.2 Å². The third kappa shape index (κ3) is 1.34. The second-order valence-corrected chi connectivity index (χ2v) is 3.52. The predicted octanol–water partition coefficient (Wildman–Crippen LogP) is 3.85. The van der Waals surface area contributed by atoms with Crippen molar-refractivity contribution in [1.82, 2.24) is 0 Å². The molecule has 0 saturated heterocycles. The Kier molecular flexibility index (Phi) is 2.06. The molecule has 0 aliphatic carbocycles. The molecule has 0 amide bonds. The molecular formula is C10H6Cl2O. The second-order valence-electron chi connectivity index (χ2n) is 2.73. The van der Waals surface area contributed by atoms with E-state index in [0.29, 0.717) is 10.0 Å². The van der Waals surface area contributed by atoms with E-state index in [-0.39, 0.29) is 5.75 Å². The summed E-state index contributed by atoms with van der Waals surface area (Å²) < 4.78 is 0. The van der Waals surface area contributed by atoms with Gasteiger partial charge in [-0.25, -0.2) is 0 Å². The van der Waals surface area contributed by atoms with Gasteiger partial charge in [0.1, 0.15) is 5.75 Å². The van der Waals surface area contributed by atoms with Gasteiger partial charge in [0.05, 0.1) is 10.0 Å². The highest BCUT2D eigenvalue weighted by Gasteiger charge is 2.05. The molecule has 13 heavy (non-hydrogen) atoms. The van der Waals surface area contributed by atoms with E-state index in [1.807, 2.05) is 6.07 Å². The Hall–Kier alpha value is -0.920. The maximum absolute atomic E-state index is 9.48. The summed E-state index contributed by atoms with van der Waals surface area (Å²) in [5, 5.41) is 12.0. The van der Waals surface area contributed by atoms with Crippen LogP contribution >= 0.6 is 23.2 Å². The van der Waals surface area contributed by atoms with Crippen molar-refractivity contribution in [1.29, 1.82) is 0 Å². The largest absolute Gasteiger partial charge is 0.507 e. The first-order valence-electron chi connectivity index (χ1n) is 3.76. The third-order valence-corrected chi connectivity index (χ3v) is 2.74. The lowest BCUT2D eigenvalue weighted by Crippen LogP contribution is -1.76. The lowest BCUT2D eigenvalue weighted by atomic mass is 10.1. The Morgan fingerprint density at radius 3 is 2.46 bits per heavy atom. The van der Waals surface area contributed by atoms with Gasteiger partial charge >= 0.3 is 0 Å². The average Bonchev–Trinajstić information content (AvgIpc) is 2.12. The summed E-state index contributed by atoms with van der Waals surface area (Å²) in [5.74, 6) is 0.219. The van der Waals surface area contributed by atoms with Gasteiger partial charge in [-0.3, -0.25) is 0 Å². The highest BCUT2D eigenvalue weighted by molar-refractivity contribution is 6.45. The van der Waals surface area contributed by atoms with Crippen molar-refractivity contribution in [2.45, 2.75) is 0 Å². The first-order valence-corrected chi connectivity index (χ1v) is 4.51. The van der Waals surface area contributed by atoms with Crippen LogP contribution in [-0.4, -0.2) is 5.11 Å². The molecule has 0 saturated carbocycles. The molecule has 2 rings (SSSR count). The third-order valence-electron chi connectivity index (χ3n) is 1.93. The molecule has 1 N–H and O–H groups in total. The van der Waals surface area contributed by atoms with Crippen molar-refractivity contribution >= 4 is 34.0 Å². The first kappa shape index (κ1) is 8.67. The number of aromatic hydroxyl groups is 1. The Morgan fingerprint density at radius 1 is 0.923 bits per heavy atom. The number of fused-ring (bicyclic) bond motifs is 1. The van der Waals surface area contributed by atoms with E-state index in [2.05, 4.69) is 0 Å². The van der Waals surface area contributed by atoms with Crippen LogP contribution in [0.15, 0.2) is 30.3 Å². The van der Waals surface area contributed by atoms with Crippen molar-refractivity contribution in [3.8, 4) is 5.75 Å². The van der Waals surface area contributed by atoms with E-state index in [1.165, 1.54) is 0 Å². The molecule has 0 aliphatic rings. The summed E-state index contributed by atoms with van der Waals surface area (Å²) in [4.78, 5) is 0. The van der Waals surface area contributed by atoms with E-state index in [4.69, 9.17) is 23.2 Å². The van der Waals surface area contributed by atoms with Gasteiger partial charge in [-0.05, 0) is 18.2 Å². The van der Waals surface area contributed by atoms with E-state index in [0.717, 1.165) is 10.8 Å². The summed E-state index contributed by atoms with van der Waals surface area (Å²) in [6.45, 7) is 0. The fourth-order valence-electron chi connectivity index (χ4n) is 1.28.